The van der Waals surface area contributed by atoms with Crippen molar-refractivity contribution in [3.63, 3.8) is 0 Å². The molecule has 0 amide bonds. The average Bonchev–Trinajstić information content (AvgIpc) is 3.54. The minimum absolute atomic E-state index is 0.0911. The summed E-state index contributed by atoms with van der Waals surface area (Å²) in [7, 11) is 0. The lowest BCUT2D eigenvalue weighted by Crippen LogP contribution is -2.36. The van der Waals surface area contributed by atoms with Gasteiger partial charge in [-0.15, -0.1) is 5.10 Å². The number of morpholine rings is 1. The predicted molar refractivity (Wildman–Crippen MR) is 140 cm³/mol. The summed E-state index contributed by atoms with van der Waals surface area (Å²) < 4.78 is 13.6. The molecule has 0 spiro atoms. The molecule has 5 heterocycles. The molecule has 1 atom stereocenters. The fourth-order valence-electron chi connectivity index (χ4n) is 5.07. The number of rotatable bonds is 6. The molecule has 2 aliphatic rings. The van der Waals surface area contributed by atoms with Crippen molar-refractivity contribution in [3.05, 3.63) is 59.7 Å². The van der Waals surface area contributed by atoms with Gasteiger partial charge < -0.3 is 14.4 Å². The Bertz CT molecular complexity index is 1380. The van der Waals surface area contributed by atoms with Gasteiger partial charge in [0, 0.05) is 49.7 Å². The third kappa shape index (κ3) is 4.99. The topological polar surface area (TPSA) is 93.8 Å². The number of anilines is 1. The van der Waals surface area contributed by atoms with Crippen molar-refractivity contribution < 1.29 is 9.47 Å². The fourth-order valence-corrected chi connectivity index (χ4v) is 5.07. The Balaban J connectivity index is 1.09. The van der Waals surface area contributed by atoms with Gasteiger partial charge in [0.1, 0.15) is 17.8 Å². The molecule has 6 rings (SSSR count). The van der Waals surface area contributed by atoms with Gasteiger partial charge in [0.2, 0.25) is 0 Å². The van der Waals surface area contributed by atoms with Crippen molar-refractivity contribution in [2.24, 2.45) is 0 Å². The molecule has 2 aliphatic heterocycles. The van der Waals surface area contributed by atoms with Gasteiger partial charge in [0.15, 0.2) is 5.75 Å². The van der Waals surface area contributed by atoms with Crippen molar-refractivity contribution in [3.8, 4) is 16.9 Å². The van der Waals surface area contributed by atoms with Gasteiger partial charge in [-0.1, -0.05) is 12.1 Å². The van der Waals surface area contributed by atoms with Crippen molar-refractivity contribution in [2.75, 3.05) is 44.3 Å². The number of benzene rings is 1. The Labute approximate surface area is 216 Å². The summed E-state index contributed by atoms with van der Waals surface area (Å²) in [6, 6.07) is 8.62. The Morgan fingerprint density at radius 3 is 2.46 bits per heavy atom. The maximum absolute atomic E-state index is 6.44. The van der Waals surface area contributed by atoms with Crippen LogP contribution in [-0.2, 0) is 11.3 Å². The minimum atomic E-state index is 0.0911. The highest BCUT2D eigenvalue weighted by Gasteiger charge is 2.26. The molecule has 0 aliphatic carbocycles. The van der Waals surface area contributed by atoms with E-state index in [2.05, 4.69) is 59.1 Å². The van der Waals surface area contributed by atoms with E-state index < -0.39 is 0 Å². The summed E-state index contributed by atoms with van der Waals surface area (Å²) in [5.74, 6) is 2.98. The molecule has 2 saturated heterocycles. The first-order valence-corrected chi connectivity index (χ1v) is 12.9. The van der Waals surface area contributed by atoms with Crippen molar-refractivity contribution in [1.29, 1.82) is 0 Å². The molecule has 4 aromatic rings. The highest BCUT2D eigenvalue weighted by molar-refractivity contribution is 5.65. The minimum Gasteiger partial charge on any atom is -0.485 e. The summed E-state index contributed by atoms with van der Waals surface area (Å²) >= 11 is 0. The lowest BCUT2D eigenvalue weighted by atomic mass is 10.1. The number of aromatic nitrogens is 6. The molecule has 1 aromatic carbocycles. The smallest absolute Gasteiger partial charge is 0.253 e. The third-order valence-corrected chi connectivity index (χ3v) is 7.11. The number of fused-ring (bicyclic) bond motifs is 1. The molecular weight excluding hydrogens is 468 g/mol. The number of ether oxygens (including phenoxy) is 2. The summed E-state index contributed by atoms with van der Waals surface area (Å²) in [5, 5.41) is 4.45. The molecule has 3 aromatic heterocycles. The predicted octanol–water partition coefficient (Wildman–Crippen LogP) is 3.00. The first-order chi connectivity index (χ1) is 18.0. The quantitative estimate of drug-likeness (QED) is 0.396. The molecule has 10 nitrogen and oxygen atoms in total. The second-order valence-corrected chi connectivity index (χ2v) is 9.78. The highest BCUT2D eigenvalue weighted by atomic mass is 16.5. The number of hydrogen-bond acceptors (Lipinski definition) is 9. The molecule has 1 unspecified atom stereocenters. The maximum atomic E-state index is 6.44. The lowest BCUT2D eigenvalue weighted by Gasteiger charge is -2.25. The molecule has 2 fully saturated rings. The van der Waals surface area contributed by atoms with Gasteiger partial charge in [-0.25, -0.2) is 15.0 Å². The Kier molecular flexibility index (Phi) is 6.43. The lowest BCUT2D eigenvalue weighted by molar-refractivity contribution is 0.0330. The molecule has 192 valence electrons. The molecule has 0 saturated carbocycles. The van der Waals surface area contributed by atoms with Crippen LogP contribution in [0.2, 0.25) is 0 Å². The van der Waals surface area contributed by atoms with Gasteiger partial charge in [-0.2, -0.15) is 9.50 Å². The van der Waals surface area contributed by atoms with Crippen LogP contribution in [0.4, 0.5) is 5.69 Å². The standard InChI is InChI=1S/C27H32N8O2/c1-18-26(19(2)35-27(30-18)31-20(3)32-35)37-24-8-9-34(16-24)23-6-4-21(5-7-23)22-14-28-25(29-15-22)17-33-10-12-36-13-11-33/h4-7,14-15,24H,8-13,16-17H2,1-3H3. The molecule has 0 N–H and O–H groups in total. The normalized spacial score (nSPS) is 18.6. The third-order valence-electron chi connectivity index (χ3n) is 7.11. The number of aryl methyl sites for hydroxylation is 3. The SMILES string of the molecule is Cc1nc2nc(C)c(OC3CCN(c4ccc(-c5cnc(CN6CCOCC6)nc5)cc4)C3)c(C)n2n1. The Morgan fingerprint density at radius 2 is 1.70 bits per heavy atom. The van der Waals surface area contributed by atoms with Crippen LogP contribution in [-0.4, -0.2) is 79.9 Å². The second kappa shape index (κ2) is 10.0. The summed E-state index contributed by atoms with van der Waals surface area (Å²) in [6.07, 6.45) is 4.88. The van der Waals surface area contributed by atoms with Gasteiger partial charge in [0.05, 0.1) is 37.7 Å². The van der Waals surface area contributed by atoms with Crippen LogP contribution >= 0.6 is 0 Å². The molecular formula is C27H32N8O2. The highest BCUT2D eigenvalue weighted by Crippen LogP contribution is 2.29. The zero-order chi connectivity index (χ0) is 25.4. The van der Waals surface area contributed by atoms with E-state index in [0.717, 1.165) is 86.4 Å². The summed E-state index contributed by atoms with van der Waals surface area (Å²) in [6.45, 7) is 11.8. The van der Waals surface area contributed by atoms with E-state index in [9.17, 15) is 0 Å². The number of hydrogen-bond donors (Lipinski definition) is 0. The van der Waals surface area contributed by atoms with E-state index in [1.807, 2.05) is 33.2 Å². The van der Waals surface area contributed by atoms with Crippen LogP contribution in [0.5, 0.6) is 5.75 Å². The van der Waals surface area contributed by atoms with Crippen molar-refractivity contribution in [2.45, 2.75) is 39.8 Å². The average molecular weight is 501 g/mol. The van der Waals surface area contributed by atoms with Gasteiger partial charge in [-0.05, 0) is 38.5 Å². The first-order valence-electron chi connectivity index (χ1n) is 12.9. The van der Waals surface area contributed by atoms with Gasteiger partial charge in [0.25, 0.3) is 5.78 Å². The Hall–Kier alpha value is -3.63. The van der Waals surface area contributed by atoms with Gasteiger partial charge in [-0.3, -0.25) is 4.90 Å². The largest absolute Gasteiger partial charge is 0.485 e. The Morgan fingerprint density at radius 1 is 0.946 bits per heavy atom. The van der Waals surface area contributed by atoms with Crippen LogP contribution in [0, 0.1) is 20.8 Å². The fraction of sp³-hybridized carbons (Fsp3) is 0.444. The second-order valence-electron chi connectivity index (χ2n) is 9.78. The summed E-state index contributed by atoms with van der Waals surface area (Å²) in [4.78, 5) is 22.9. The zero-order valence-corrected chi connectivity index (χ0v) is 21.6. The van der Waals surface area contributed by atoms with Crippen LogP contribution in [0.25, 0.3) is 16.9 Å². The van der Waals surface area contributed by atoms with E-state index >= 15 is 0 Å². The first kappa shape index (κ1) is 23.7. The van der Waals surface area contributed by atoms with E-state index in [1.165, 1.54) is 5.69 Å². The molecule has 0 radical (unpaired) electrons. The molecule has 10 heteroatoms. The monoisotopic (exact) mass is 500 g/mol. The maximum Gasteiger partial charge on any atom is 0.253 e. The van der Waals surface area contributed by atoms with E-state index in [0.29, 0.717) is 11.6 Å². The summed E-state index contributed by atoms with van der Waals surface area (Å²) in [5.41, 5.74) is 5.11. The zero-order valence-electron chi connectivity index (χ0n) is 21.6. The van der Waals surface area contributed by atoms with Crippen molar-refractivity contribution in [1.82, 2.24) is 34.4 Å². The molecule has 37 heavy (non-hydrogen) atoms. The van der Waals surface area contributed by atoms with E-state index in [-0.39, 0.29) is 6.10 Å². The molecule has 0 bridgehead atoms. The van der Waals surface area contributed by atoms with Crippen LogP contribution in [0.15, 0.2) is 36.7 Å². The number of nitrogens with zero attached hydrogens (tertiary/aromatic N) is 8. The van der Waals surface area contributed by atoms with Crippen LogP contribution in [0.3, 0.4) is 0 Å². The van der Waals surface area contributed by atoms with Crippen molar-refractivity contribution >= 4 is 11.5 Å². The van der Waals surface area contributed by atoms with Gasteiger partial charge >= 0.3 is 0 Å². The van der Waals surface area contributed by atoms with Crippen LogP contribution in [0.1, 0.15) is 29.5 Å². The van der Waals surface area contributed by atoms with E-state index in [4.69, 9.17) is 9.47 Å². The van der Waals surface area contributed by atoms with E-state index in [1.54, 1.807) is 4.52 Å². The van der Waals surface area contributed by atoms with Crippen LogP contribution < -0.4 is 9.64 Å².